The van der Waals surface area contributed by atoms with Crippen LogP contribution < -0.4 is 9.47 Å². The van der Waals surface area contributed by atoms with Crippen molar-refractivity contribution in [2.24, 2.45) is 66.5 Å². The smallest absolute Gasteiger partial charge is 0.317 e. The van der Waals surface area contributed by atoms with Crippen molar-refractivity contribution < 1.29 is 38.4 Å². The summed E-state index contributed by atoms with van der Waals surface area (Å²) in [6.45, 7) is 27.9. The fraction of sp³-hybridized carbons (Fsp3) is 0.717. The zero-order valence-electron chi connectivity index (χ0n) is 43.9. The molecule has 15 unspecified atom stereocenters. The third-order valence-electron chi connectivity index (χ3n) is 24.5. The highest BCUT2D eigenvalue weighted by Crippen LogP contribution is 2.78. The highest BCUT2D eigenvalue weighted by Gasteiger charge is 2.72. The fourth-order valence-electron chi connectivity index (χ4n) is 19.2. The molecular formula is C60H80O8. The molecule has 1 heterocycles. The Hall–Kier alpha value is -3.65. The second-order valence-corrected chi connectivity index (χ2v) is 27.4. The van der Waals surface area contributed by atoms with Crippen molar-refractivity contribution in [3.63, 3.8) is 0 Å². The first kappa shape index (κ1) is 46.7. The van der Waals surface area contributed by atoms with Gasteiger partial charge in [0.1, 0.15) is 0 Å². The number of ether oxygens (including phenoxy) is 4. The Kier molecular flexibility index (Phi) is 9.37. The van der Waals surface area contributed by atoms with Crippen molar-refractivity contribution in [3.05, 3.63) is 63.8 Å². The molecule has 1 aliphatic heterocycles. The maximum absolute atomic E-state index is 14.9. The molecule has 9 aliphatic carbocycles. The molecule has 368 valence electrons. The standard InChI is InChI=1S/C60H80O8/c1-35-36-15-17-41-53(6,25-29-57(10)43-33-51(4,47(62)65-13)21-19-49(43,2)23-27-55(41,57)8)38(36)31-40-46(35)68-59(12)37-16-18-42-54(7,39(37)32-45(61)60(59,64)67-40)26-30-58(11)44-34-52(5,48(63)66-14)22-20-50(44,3)24-28-56(42,58)9/h15-18,31-32,41,43-44,64H,19-30,33-34H2,1-14H3. The number of hydrogen-bond acceptors (Lipinski definition) is 8. The molecule has 1 aromatic rings. The number of esters is 2. The third kappa shape index (κ3) is 5.25. The highest BCUT2D eigenvalue weighted by atomic mass is 16.7. The van der Waals surface area contributed by atoms with E-state index in [1.165, 1.54) is 25.4 Å². The largest absolute Gasteiger partial charge is 0.471 e. The lowest BCUT2D eigenvalue weighted by molar-refractivity contribution is -0.231. The summed E-state index contributed by atoms with van der Waals surface area (Å²) in [4.78, 5) is 41.6. The molecule has 0 amide bonds. The molecule has 15 atom stereocenters. The van der Waals surface area contributed by atoms with Gasteiger partial charge in [-0.15, -0.1) is 0 Å². The lowest BCUT2D eigenvalue weighted by atomic mass is 9.33. The third-order valence-corrected chi connectivity index (χ3v) is 24.5. The van der Waals surface area contributed by atoms with E-state index in [4.69, 9.17) is 18.9 Å². The summed E-state index contributed by atoms with van der Waals surface area (Å²) in [6.07, 6.45) is 24.6. The molecule has 0 saturated heterocycles. The van der Waals surface area contributed by atoms with E-state index in [-0.39, 0.29) is 55.8 Å². The summed E-state index contributed by atoms with van der Waals surface area (Å²) in [5.41, 5.74) is 3.20. The molecule has 6 saturated carbocycles. The van der Waals surface area contributed by atoms with E-state index in [1.54, 1.807) is 6.08 Å². The average Bonchev–Trinajstić information content (AvgIpc) is 3.29. The number of hydrogen-bond donors (Lipinski definition) is 1. The topological polar surface area (TPSA) is 108 Å². The lowest BCUT2D eigenvalue weighted by Gasteiger charge is -2.71. The van der Waals surface area contributed by atoms with Crippen molar-refractivity contribution >= 4 is 23.8 Å². The summed E-state index contributed by atoms with van der Waals surface area (Å²) < 4.78 is 24.9. The number of allylic oxidation sites excluding steroid dienone is 4. The molecule has 8 heteroatoms. The van der Waals surface area contributed by atoms with Gasteiger partial charge in [-0.2, -0.15) is 0 Å². The van der Waals surface area contributed by atoms with Crippen LogP contribution in [-0.4, -0.2) is 48.4 Å². The zero-order valence-corrected chi connectivity index (χ0v) is 43.9. The van der Waals surface area contributed by atoms with Crippen LogP contribution in [-0.2, 0) is 29.3 Å². The Morgan fingerprint density at radius 3 is 1.84 bits per heavy atom. The SMILES string of the molecule is COC(=O)C1(C)CCC2(C)CCC3(C)C4=CC=C5C(=CC(=O)C6(O)Oc7cc8c(c(C)c7OC56C)C=CC5C8(C)CCC6(C)C7CC(C)(C(=O)OC)CCC7(C)CCC56C)C4(C)CCC3(C)C2C1. The minimum Gasteiger partial charge on any atom is -0.471 e. The van der Waals surface area contributed by atoms with Gasteiger partial charge in [-0.1, -0.05) is 85.3 Å². The van der Waals surface area contributed by atoms with E-state index in [0.29, 0.717) is 23.3 Å². The molecular weight excluding hydrogens is 849 g/mol. The van der Waals surface area contributed by atoms with Crippen LogP contribution in [0.4, 0.5) is 0 Å². The van der Waals surface area contributed by atoms with Crippen LogP contribution in [0.5, 0.6) is 11.5 Å². The minimum atomic E-state index is -2.28. The first-order valence-electron chi connectivity index (χ1n) is 26.4. The second kappa shape index (κ2) is 13.6. The normalized spacial score (nSPS) is 50.3. The molecule has 1 aromatic carbocycles. The van der Waals surface area contributed by atoms with Crippen molar-refractivity contribution in [1.29, 1.82) is 0 Å². The minimum absolute atomic E-state index is 0.00647. The van der Waals surface area contributed by atoms with Gasteiger partial charge in [0.25, 0.3) is 0 Å². The molecule has 6 fully saturated rings. The highest BCUT2D eigenvalue weighted by molar-refractivity contribution is 6.02. The summed E-state index contributed by atoms with van der Waals surface area (Å²) in [5, 5.41) is 12.9. The maximum atomic E-state index is 14.9. The van der Waals surface area contributed by atoms with Gasteiger partial charge in [0, 0.05) is 22.0 Å². The number of fused-ring (bicyclic) bond motifs is 17. The average molecular weight is 929 g/mol. The molecule has 0 radical (unpaired) electrons. The molecule has 8 nitrogen and oxygen atoms in total. The number of ketones is 1. The zero-order chi connectivity index (χ0) is 49.1. The van der Waals surface area contributed by atoms with Crippen LogP contribution in [0.25, 0.3) is 6.08 Å². The lowest BCUT2D eigenvalue weighted by Crippen LogP contribution is -2.70. The van der Waals surface area contributed by atoms with Crippen LogP contribution in [0.2, 0.25) is 0 Å². The van der Waals surface area contributed by atoms with E-state index in [2.05, 4.69) is 107 Å². The molecule has 0 aromatic heterocycles. The van der Waals surface area contributed by atoms with Gasteiger partial charge in [-0.25, -0.2) is 0 Å². The van der Waals surface area contributed by atoms with Crippen LogP contribution in [0, 0.1) is 73.4 Å². The molecule has 11 rings (SSSR count). The van der Waals surface area contributed by atoms with Crippen LogP contribution in [0.15, 0.2) is 47.1 Å². The summed E-state index contributed by atoms with van der Waals surface area (Å²) in [7, 11) is 3.06. The number of aliphatic hydroxyl groups is 1. The van der Waals surface area contributed by atoms with Gasteiger partial charge in [-0.05, 0) is 197 Å². The molecule has 0 bridgehead atoms. The first-order chi connectivity index (χ1) is 31.6. The molecule has 10 aliphatic rings. The number of methoxy groups -OCH3 is 2. The van der Waals surface area contributed by atoms with Crippen molar-refractivity contribution in [3.8, 4) is 11.5 Å². The Morgan fingerprint density at radius 1 is 0.662 bits per heavy atom. The van der Waals surface area contributed by atoms with E-state index >= 15 is 0 Å². The summed E-state index contributed by atoms with van der Waals surface area (Å²) >= 11 is 0. The number of carbonyl (C=O) groups excluding carboxylic acids is 3. The summed E-state index contributed by atoms with van der Waals surface area (Å²) in [5.74, 6) is -0.961. The van der Waals surface area contributed by atoms with Gasteiger partial charge in [-0.3, -0.25) is 14.4 Å². The quantitative estimate of drug-likeness (QED) is 0.292. The number of benzene rings is 1. The van der Waals surface area contributed by atoms with Gasteiger partial charge in [0.15, 0.2) is 11.5 Å². The van der Waals surface area contributed by atoms with Crippen molar-refractivity contribution in [1.82, 2.24) is 0 Å². The molecule has 0 spiro atoms. The van der Waals surface area contributed by atoms with E-state index in [1.807, 2.05) is 6.92 Å². The van der Waals surface area contributed by atoms with E-state index in [0.717, 1.165) is 112 Å². The maximum Gasteiger partial charge on any atom is 0.317 e. The Balaban J connectivity index is 0.954. The van der Waals surface area contributed by atoms with Crippen LogP contribution in [0.3, 0.4) is 0 Å². The van der Waals surface area contributed by atoms with Gasteiger partial charge >= 0.3 is 17.7 Å². The number of carbonyl (C=O) groups is 3. The van der Waals surface area contributed by atoms with Crippen molar-refractivity contribution in [2.75, 3.05) is 14.2 Å². The molecule has 1 N–H and O–H groups in total. The Bertz CT molecular complexity index is 2620. The van der Waals surface area contributed by atoms with Gasteiger partial charge < -0.3 is 24.1 Å². The van der Waals surface area contributed by atoms with E-state index in [9.17, 15) is 19.5 Å². The summed E-state index contributed by atoms with van der Waals surface area (Å²) in [6, 6.07) is 2.11. The van der Waals surface area contributed by atoms with Gasteiger partial charge in [0.2, 0.25) is 11.4 Å². The Morgan fingerprint density at radius 2 is 1.22 bits per heavy atom. The number of rotatable bonds is 2. The fourth-order valence-corrected chi connectivity index (χ4v) is 19.2. The van der Waals surface area contributed by atoms with Crippen LogP contribution >= 0.6 is 0 Å². The van der Waals surface area contributed by atoms with Crippen molar-refractivity contribution in [2.45, 2.75) is 190 Å². The van der Waals surface area contributed by atoms with E-state index < -0.39 is 33.4 Å². The monoisotopic (exact) mass is 929 g/mol. The van der Waals surface area contributed by atoms with Gasteiger partial charge in [0.05, 0.1) is 25.0 Å². The molecule has 68 heavy (non-hydrogen) atoms. The predicted octanol–water partition coefficient (Wildman–Crippen LogP) is 12.7. The predicted molar refractivity (Wildman–Crippen MR) is 264 cm³/mol. The first-order valence-corrected chi connectivity index (χ1v) is 26.4. The Labute approximate surface area is 406 Å². The van der Waals surface area contributed by atoms with Crippen LogP contribution in [0.1, 0.15) is 183 Å². The second-order valence-electron chi connectivity index (χ2n) is 27.4.